The molecule has 12 heteroatoms. The molecule has 0 radical (unpaired) electrons. The van der Waals surface area contributed by atoms with Crippen LogP contribution in [0.2, 0.25) is 0 Å². The zero-order chi connectivity index (χ0) is 35.9. The minimum atomic E-state index is -0.518. The highest BCUT2D eigenvalue weighted by molar-refractivity contribution is 6.21. The van der Waals surface area contributed by atoms with Gasteiger partial charge in [0.25, 0.3) is 0 Å². The minimum absolute atomic E-state index is 0.165. The molecule has 0 heterocycles. The summed E-state index contributed by atoms with van der Waals surface area (Å²) in [6, 6.07) is 31.2. The largest absolute Gasteiger partial charge is 0.492 e. The Balaban J connectivity index is 1.76. The highest BCUT2D eigenvalue weighted by atomic mass is 35.5. The second-order valence-electron chi connectivity index (χ2n) is 11.6. The topological polar surface area (TPSA) is 118 Å². The van der Waals surface area contributed by atoms with Gasteiger partial charge in [-0.15, -0.1) is 46.4 Å². The highest BCUT2D eigenvalue weighted by Crippen LogP contribution is 2.44. The first-order chi connectivity index (χ1) is 24.2. The minimum Gasteiger partial charge on any atom is -0.492 e. The number of halogens is 4. The third kappa shape index (κ3) is 12.1. The smallest absolute Gasteiger partial charge is 0.119 e. The number of rotatable bonds is 21. The lowest BCUT2D eigenvalue weighted by molar-refractivity contribution is 0.237. The van der Waals surface area contributed by atoms with Gasteiger partial charge in [-0.05, 0) is 70.8 Å². The Morgan fingerprint density at radius 1 is 0.340 bits per heavy atom. The van der Waals surface area contributed by atoms with Crippen LogP contribution in [-0.4, -0.2) is 94.8 Å². The number of ether oxygens (including phenoxy) is 4. The van der Waals surface area contributed by atoms with Crippen LogP contribution in [0.15, 0.2) is 97.1 Å². The normalized spacial score (nSPS) is 15.0. The van der Waals surface area contributed by atoms with Gasteiger partial charge in [0.15, 0.2) is 0 Å². The summed E-state index contributed by atoms with van der Waals surface area (Å²) in [5.74, 6) is 2.06. The Morgan fingerprint density at radius 3 is 0.680 bits per heavy atom. The molecule has 4 aromatic carbocycles. The fourth-order valence-corrected chi connectivity index (χ4v) is 5.45. The molecule has 270 valence electrons. The van der Waals surface area contributed by atoms with Crippen molar-refractivity contribution in [1.82, 2.24) is 0 Å². The number of benzene rings is 4. The standard InChI is InChI=1S/C38H42Cl4O8/c39-29(17-43)21-47-33-9-1-25(2-10-33)37(26-3-11-34(12-4-26)48-22-30(40)18-44)38(27-5-13-35(14-6-27)49-23-31(41)19-45)28-7-15-36(16-8-28)50-24-32(42)20-46/h1-16,29-32,37-38,43-46H,17-24H2. The molecule has 4 N–H and O–H groups in total. The quantitative estimate of drug-likeness (QED) is 0.0705. The molecule has 0 aromatic heterocycles. The van der Waals surface area contributed by atoms with E-state index in [0.29, 0.717) is 23.0 Å². The first kappa shape index (κ1) is 39.9. The van der Waals surface area contributed by atoms with Crippen molar-refractivity contribution in [2.24, 2.45) is 0 Å². The second-order valence-corrected chi connectivity index (χ2v) is 14.1. The van der Waals surface area contributed by atoms with Crippen LogP contribution < -0.4 is 18.9 Å². The Kier molecular flexibility index (Phi) is 16.6. The Bertz CT molecular complexity index is 1290. The number of aliphatic hydroxyl groups is 4. The Morgan fingerprint density at radius 2 is 0.520 bits per heavy atom. The molecular formula is C38H42Cl4O8. The van der Waals surface area contributed by atoms with Crippen molar-refractivity contribution in [2.75, 3.05) is 52.9 Å². The van der Waals surface area contributed by atoms with Crippen molar-refractivity contribution >= 4 is 46.4 Å². The number of hydrogen-bond acceptors (Lipinski definition) is 8. The van der Waals surface area contributed by atoms with Gasteiger partial charge in [0.05, 0.1) is 47.9 Å². The number of alkyl halides is 4. The van der Waals surface area contributed by atoms with Gasteiger partial charge in [-0.1, -0.05) is 48.5 Å². The average Bonchev–Trinajstić information content (AvgIpc) is 3.17. The molecule has 4 aromatic rings. The lowest BCUT2D eigenvalue weighted by Crippen LogP contribution is -2.17. The third-order valence-electron chi connectivity index (χ3n) is 7.81. The van der Waals surface area contributed by atoms with E-state index in [1.165, 1.54) is 0 Å². The van der Waals surface area contributed by atoms with E-state index in [0.717, 1.165) is 22.3 Å². The van der Waals surface area contributed by atoms with Crippen LogP contribution in [0, 0.1) is 0 Å². The van der Waals surface area contributed by atoms with Crippen LogP contribution >= 0.6 is 46.4 Å². The van der Waals surface area contributed by atoms with Crippen LogP contribution in [0.25, 0.3) is 0 Å². The van der Waals surface area contributed by atoms with Crippen LogP contribution in [0.5, 0.6) is 23.0 Å². The van der Waals surface area contributed by atoms with Gasteiger partial charge < -0.3 is 39.4 Å². The van der Waals surface area contributed by atoms with Gasteiger partial charge in [0.1, 0.15) is 49.4 Å². The third-order valence-corrected chi connectivity index (χ3v) is 8.86. The summed E-state index contributed by atoms with van der Waals surface area (Å²) < 4.78 is 23.2. The van der Waals surface area contributed by atoms with Crippen molar-refractivity contribution in [3.05, 3.63) is 119 Å². The van der Waals surface area contributed by atoms with E-state index in [4.69, 9.17) is 65.4 Å². The van der Waals surface area contributed by atoms with Gasteiger partial charge in [-0.2, -0.15) is 0 Å². The SMILES string of the molecule is OCC(Cl)COc1ccc(C(c2ccc(OCC(Cl)CO)cc2)C(c2ccc(OCC(Cl)CO)cc2)c2ccc(OCC(Cl)CO)cc2)cc1. The van der Waals surface area contributed by atoms with Crippen LogP contribution in [-0.2, 0) is 0 Å². The van der Waals surface area contributed by atoms with E-state index in [2.05, 4.69) is 0 Å². The molecule has 0 amide bonds. The van der Waals surface area contributed by atoms with E-state index >= 15 is 0 Å². The molecule has 0 aliphatic heterocycles. The van der Waals surface area contributed by atoms with E-state index < -0.39 is 21.5 Å². The maximum absolute atomic E-state index is 9.31. The van der Waals surface area contributed by atoms with E-state index in [1.807, 2.05) is 97.1 Å². The molecule has 0 aliphatic rings. The molecule has 0 saturated carbocycles. The fourth-order valence-electron chi connectivity index (χ4n) is 5.20. The summed E-state index contributed by atoms with van der Waals surface area (Å²) in [5, 5.41) is 35.2. The Labute approximate surface area is 313 Å². The summed E-state index contributed by atoms with van der Waals surface area (Å²) >= 11 is 24.3. The molecule has 8 nitrogen and oxygen atoms in total. The summed E-state index contributed by atoms with van der Waals surface area (Å²) in [4.78, 5) is 0. The monoisotopic (exact) mass is 766 g/mol. The molecule has 0 spiro atoms. The summed E-state index contributed by atoms with van der Waals surface area (Å²) in [7, 11) is 0. The lowest BCUT2D eigenvalue weighted by Gasteiger charge is -2.30. The maximum atomic E-state index is 9.31. The van der Waals surface area contributed by atoms with Crippen molar-refractivity contribution < 1.29 is 39.4 Å². The van der Waals surface area contributed by atoms with Crippen LogP contribution in [0.3, 0.4) is 0 Å². The predicted octanol–water partition coefficient (Wildman–Crippen LogP) is 6.56. The molecule has 4 atom stereocenters. The fraction of sp³-hybridized carbons (Fsp3) is 0.368. The van der Waals surface area contributed by atoms with Gasteiger partial charge >= 0.3 is 0 Å². The Hall–Kier alpha value is -2.92. The molecule has 4 rings (SSSR count). The van der Waals surface area contributed by atoms with Crippen LogP contribution in [0.1, 0.15) is 34.1 Å². The van der Waals surface area contributed by atoms with Crippen molar-refractivity contribution in [3.63, 3.8) is 0 Å². The van der Waals surface area contributed by atoms with E-state index in [1.54, 1.807) is 0 Å². The molecule has 0 fully saturated rings. The number of hydrogen-bond donors (Lipinski definition) is 4. The molecule has 0 bridgehead atoms. The van der Waals surface area contributed by atoms with E-state index in [9.17, 15) is 20.4 Å². The summed E-state index contributed by atoms with van der Waals surface area (Å²) in [6.07, 6.45) is 0. The highest BCUT2D eigenvalue weighted by Gasteiger charge is 2.29. The van der Waals surface area contributed by atoms with E-state index in [-0.39, 0.29) is 64.7 Å². The lowest BCUT2D eigenvalue weighted by atomic mass is 9.73. The van der Waals surface area contributed by atoms with Crippen molar-refractivity contribution in [1.29, 1.82) is 0 Å². The zero-order valence-electron chi connectivity index (χ0n) is 27.3. The first-order valence-corrected chi connectivity index (χ1v) is 17.9. The first-order valence-electron chi connectivity index (χ1n) is 16.1. The maximum Gasteiger partial charge on any atom is 0.119 e. The van der Waals surface area contributed by atoms with Crippen molar-refractivity contribution in [3.8, 4) is 23.0 Å². The van der Waals surface area contributed by atoms with Gasteiger partial charge in [-0.25, -0.2) is 0 Å². The molecule has 4 unspecified atom stereocenters. The van der Waals surface area contributed by atoms with Crippen LogP contribution in [0.4, 0.5) is 0 Å². The zero-order valence-corrected chi connectivity index (χ0v) is 30.3. The summed E-state index contributed by atoms with van der Waals surface area (Å²) in [5.41, 5.74) is 4.01. The molecule has 50 heavy (non-hydrogen) atoms. The molecule has 0 aliphatic carbocycles. The second kappa shape index (κ2) is 20.8. The molecular weight excluding hydrogens is 726 g/mol. The predicted molar refractivity (Wildman–Crippen MR) is 198 cm³/mol. The van der Waals surface area contributed by atoms with Crippen molar-refractivity contribution in [2.45, 2.75) is 33.3 Å². The average molecular weight is 769 g/mol. The van der Waals surface area contributed by atoms with Gasteiger partial charge in [0, 0.05) is 11.8 Å². The number of aliphatic hydroxyl groups excluding tert-OH is 4. The summed E-state index contributed by atoms with van der Waals surface area (Å²) in [6.45, 7) is -0.0999. The van der Waals surface area contributed by atoms with Gasteiger partial charge in [0.2, 0.25) is 0 Å². The molecule has 0 saturated heterocycles. The van der Waals surface area contributed by atoms with Gasteiger partial charge in [-0.3, -0.25) is 0 Å².